The second kappa shape index (κ2) is 13.6. The zero-order chi connectivity index (χ0) is 16.8. The minimum atomic E-state index is 0.323. The molecule has 0 aromatic heterocycles. The van der Waals surface area contributed by atoms with Crippen LogP contribution >= 0.6 is 0 Å². The monoisotopic (exact) mass is 327 g/mol. The molecule has 0 amide bonds. The van der Waals surface area contributed by atoms with Gasteiger partial charge in [0.2, 0.25) is 0 Å². The van der Waals surface area contributed by atoms with Crippen molar-refractivity contribution in [3.05, 3.63) is 0 Å². The van der Waals surface area contributed by atoms with Gasteiger partial charge >= 0.3 is 0 Å². The molecule has 0 spiro atoms. The molecule has 1 aliphatic heterocycles. The van der Waals surface area contributed by atoms with Gasteiger partial charge in [-0.2, -0.15) is 0 Å². The van der Waals surface area contributed by atoms with Crippen molar-refractivity contribution in [1.29, 1.82) is 0 Å². The molecule has 1 unspecified atom stereocenters. The second-order valence-corrected chi connectivity index (χ2v) is 6.64. The molecule has 0 radical (unpaired) electrons. The molecule has 1 aliphatic rings. The van der Waals surface area contributed by atoms with Crippen molar-refractivity contribution in [2.24, 2.45) is 10.9 Å². The summed E-state index contributed by atoms with van der Waals surface area (Å²) in [5.41, 5.74) is 0. The Kier molecular flexibility index (Phi) is 12.0. The van der Waals surface area contributed by atoms with Crippen LogP contribution in [0.1, 0.15) is 59.3 Å². The van der Waals surface area contributed by atoms with Gasteiger partial charge in [-0.15, -0.1) is 0 Å². The average Bonchev–Trinajstić information content (AvgIpc) is 3.03. The normalized spacial score (nSPS) is 18.6. The third kappa shape index (κ3) is 11.4. The highest BCUT2D eigenvalue weighted by atomic mass is 16.5. The van der Waals surface area contributed by atoms with Gasteiger partial charge in [-0.25, -0.2) is 0 Å². The second-order valence-electron chi connectivity index (χ2n) is 6.64. The topological polar surface area (TPSA) is 54.9 Å². The molecule has 0 aromatic carbocycles. The molecule has 1 heterocycles. The van der Waals surface area contributed by atoms with E-state index >= 15 is 0 Å². The number of ether oxygens (including phenoxy) is 2. The summed E-state index contributed by atoms with van der Waals surface area (Å²) < 4.78 is 11.2. The summed E-state index contributed by atoms with van der Waals surface area (Å²) >= 11 is 0. The molecule has 0 aromatic rings. The third-order valence-corrected chi connectivity index (χ3v) is 3.89. The van der Waals surface area contributed by atoms with Crippen molar-refractivity contribution in [1.82, 2.24) is 10.6 Å². The Labute approximate surface area is 142 Å². The number of rotatable bonds is 12. The van der Waals surface area contributed by atoms with Crippen molar-refractivity contribution < 1.29 is 9.47 Å². The SMILES string of the molecule is CCNC(=NCCCOCC1CCCO1)NCCCCC(C)C. The van der Waals surface area contributed by atoms with Crippen LogP contribution in [0.25, 0.3) is 0 Å². The van der Waals surface area contributed by atoms with Crippen LogP contribution in [-0.4, -0.2) is 51.5 Å². The first-order chi connectivity index (χ1) is 11.2. The summed E-state index contributed by atoms with van der Waals surface area (Å²) in [6, 6.07) is 0. The lowest BCUT2D eigenvalue weighted by molar-refractivity contribution is 0.0171. The van der Waals surface area contributed by atoms with Crippen LogP contribution in [0.3, 0.4) is 0 Å². The van der Waals surface area contributed by atoms with E-state index in [1.807, 2.05) is 0 Å². The summed E-state index contributed by atoms with van der Waals surface area (Å²) in [6.07, 6.45) is 7.38. The first-order valence-corrected chi connectivity index (χ1v) is 9.44. The van der Waals surface area contributed by atoms with E-state index in [0.717, 1.165) is 64.2 Å². The van der Waals surface area contributed by atoms with Crippen molar-refractivity contribution in [3.63, 3.8) is 0 Å². The van der Waals surface area contributed by atoms with Crippen molar-refractivity contribution in [3.8, 4) is 0 Å². The van der Waals surface area contributed by atoms with Gasteiger partial charge < -0.3 is 20.1 Å². The molecule has 23 heavy (non-hydrogen) atoms. The van der Waals surface area contributed by atoms with Crippen molar-refractivity contribution >= 4 is 5.96 Å². The standard InChI is InChI=1S/C18H37N3O2/c1-4-19-18(20-11-6-5-9-16(2)3)21-12-8-13-22-15-17-10-7-14-23-17/h16-17H,4-15H2,1-3H3,(H2,19,20,21). The largest absolute Gasteiger partial charge is 0.379 e. The number of aliphatic imine (C=N–C) groups is 1. The number of hydrogen-bond donors (Lipinski definition) is 2. The van der Waals surface area contributed by atoms with Gasteiger partial charge in [0.25, 0.3) is 0 Å². The summed E-state index contributed by atoms with van der Waals surface area (Å²) in [4.78, 5) is 4.60. The van der Waals surface area contributed by atoms with Crippen LogP contribution < -0.4 is 10.6 Å². The van der Waals surface area contributed by atoms with Crippen LogP contribution in [0.5, 0.6) is 0 Å². The first-order valence-electron chi connectivity index (χ1n) is 9.44. The van der Waals surface area contributed by atoms with E-state index in [1.165, 1.54) is 25.7 Å². The van der Waals surface area contributed by atoms with E-state index < -0.39 is 0 Å². The van der Waals surface area contributed by atoms with Gasteiger partial charge in [0, 0.05) is 32.8 Å². The van der Waals surface area contributed by atoms with Gasteiger partial charge in [-0.3, -0.25) is 4.99 Å². The Balaban J connectivity index is 2.03. The third-order valence-electron chi connectivity index (χ3n) is 3.89. The lowest BCUT2D eigenvalue weighted by Gasteiger charge is -2.12. The van der Waals surface area contributed by atoms with Gasteiger partial charge in [-0.1, -0.05) is 26.7 Å². The Morgan fingerprint density at radius 1 is 1.26 bits per heavy atom. The summed E-state index contributed by atoms with van der Waals surface area (Å²) in [5.74, 6) is 1.72. The molecular weight excluding hydrogens is 290 g/mol. The van der Waals surface area contributed by atoms with Gasteiger partial charge in [0.1, 0.15) is 0 Å². The van der Waals surface area contributed by atoms with Crippen LogP contribution in [0.2, 0.25) is 0 Å². The fraction of sp³-hybridized carbons (Fsp3) is 0.944. The minimum absolute atomic E-state index is 0.323. The predicted octanol–water partition coefficient (Wildman–Crippen LogP) is 2.95. The first kappa shape index (κ1) is 20.2. The Bertz CT molecular complexity index is 303. The molecule has 5 nitrogen and oxygen atoms in total. The summed E-state index contributed by atoms with van der Waals surface area (Å²) in [5, 5.41) is 6.70. The van der Waals surface area contributed by atoms with E-state index in [4.69, 9.17) is 9.47 Å². The summed E-state index contributed by atoms with van der Waals surface area (Å²) in [6.45, 7) is 11.7. The zero-order valence-electron chi connectivity index (χ0n) is 15.4. The van der Waals surface area contributed by atoms with E-state index in [1.54, 1.807) is 0 Å². The average molecular weight is 328 g/mol. The number of unbranched alkanes of at least 4 members (excludes halogenated alkanes) is 1. The number of nitrogens with one attached hydrogen (secondary N) is 2. The highest BCUT2D eigenvalue weighted by molar-refractivity contribution is 5.79. The molecule has 1 fully saturated rings. The van der Waals surface area contributed by atoms with Crippen LogP contribution in [-0.2, 0) is 9.47 Å². The smallest absolute Gasteiger partial charge is 0.191 e. The van der Waals surface area contributed by atoms with Crippen molar-refractivity contribution in [2.75, 3.05) is 39.5 Å². The molecule has 0 saturated carbocycles. The molecule has 136 valence electrons. The van der Waals surface area contributed by atoms with Crippen LogP contribution in [0, 0.1) is 5.92 Å². The van der Waals surface area contributed by atoms with E-state index in [9.17, 15) is 0 Å². The van der Waals surface area contributed by atoms with Crippen LogP contribution in [0.15, 0.2) is 4.99 Å². The molecule has 1 saturated heterocycles. The molecule has 0 bridgehead atoms. The molecule has 5 heteroatoms. The molecule has 1 rings (SSSR count). The maximum atomic E-state index is 5.66. The molecular formula is C18H37N3O2. The Hall–Kier alpha value is -0.810. The molecule has 2 N–H and O–H groups in total. The minimum Gasteiger partial charge on any atom is -0.379 e. The lowest BCUT2D eigenvalue weighted by Crippen LogP contribution is -2.37. The maximum absolute atomic E-state index is 5.66. The fourth-order valence-corrected chi connectivity index (χ4v) is 2.57. The Morgan fingerprint density at radius 3 is 2.83 bits per heavy atom. The quantitative estimate of drug-likeness (QED) is 0.329. The Morgan fingerprint density at radius 2 is 2.13 bits per heavy atom. The molecule has 0 aliphatic carbocycles. The maximum Gasteiger partial charge on any atom is 0.191 e. The van der Waals surface area contributed by atoms with Gasteiger partial charge in [-0.05, 0) is 38.5 Å². The van der Waals surface area contributed by atoms with Gasteiger partial charge in [0.15, 0.2) is 5.96 Å². The van der Waals surface area contributed by atoms with E-state index in [2.05, 4.69) is 36.4 Å². The number of hydrogen-bond acceptors (Lipinski definition) is 3. The predicted molar refractivity (Wildman–Crippen MR) is 97.1 cm³/mol. The van der Waals surface area contributed by atoms with Crippen LogP contribution in [0.4, 0.5) is 0 Å². The van der Waals surface area contributed by atoms with Crippen molar-refractivity contribution in [2.45, 2.75) is 65.4 Å². The number of nitrogens with zero attached hydrogens (tertiary/aromatic N) is 1. The summed E-state index contributed by atoms with van der Waals surface area (Å²) in [7, 11) is 0. The highest BCUT2D eigenvalue weighted by Gasteiger charge is 2.14. The van der Waals surface area contributed by atoms with E-state index in [-0.39, 0.29) is 0 Å². The molecule has 1 atom stereocenters. The fourth-order valence-electron chi connectivity index (χ4n) is 2.57. The van der Waals surface area contributed by atoms with Gasteiger partial charge in [0.05, 0.1) is 12.7 Å². The zero-order valence-corrected chi connectivity index (χ0v) is 15.4. The highest BCUT2D eigenvalue weighted by Crippen LogP contribution is 2.11. The number of guanidine groups is 1. The van der Waals surface area contributed by atoms with E-state index in [0.29, 0.717) is 6.10 Å². The lowest BCUT2D eigenvalue weighted by atomic mass is 10.1.